The molecule has 0 aromatic rings. The molecule has 3 aliphatic rings. The molecule has 0 heterocycles. The number of hydrogen-bond donors (Lipinski definition) is 5. The molecule has 19 nitrogen and oxygen atoms in total. The zero-order valence-electron chi connectivity index (χ0n) is 45.6. The van der Waals surface area contributed by atoms with Gasteiger partial charge in [-0.25, -0.2) is 38.8 Å². The zero-order valence-corrected chi connectivity index (χ0v) is 46.6. The van der Waals surface area contributed by atoms with Crippen LogP contribution < -0.4 is 26.6 Å². The summed E-state index contributed by atoms with van der Waals surface area (Å²) in [4.78, 5) is 83.8. The lowest BCUT2D eigenvalue weighted by Crippen LogP contribution is -2.52. The molecule has 3 aliphatic carbocycles. The largest absolute Gasteiger partial charge is 0.500 e. The van der Waals surface area contributed by atoms with E-state index in [0.29, 0.717) is 64.5 Å². The molecular formula is C51H91N7O12Si. The summed E-state index contributed by atoms with van der Waals surface area (Å²) >= 11 is 0. The van der Waals surface area contributed by atoms with Gasteiger partial charge in [0.1, 0.15) is 19.8 Å². The number of alkyl carbamates (subject to hydrolysis) is 3. The monoisotopic (exact) mass is 1020 g/mol. The first-order valence-corrected chi connectivity index (χ1v) is 27.9. The van der Waals surface area contributed by atoms with Crippen LogP contribution in [0.3, 0.4) is 0 Å². The van der Waals surface area contributed by atoms with Crippen molar-refractivity contribution in [2.45, 2.75) is 185 Å². The Bertz CT molecular complexity index is 1770. The van der Waals surface area contributed by atoms with Gasteiger partial charge in [0.05, 0.1) is 17.5 Å². The topological polar surface area (TPSA) is 243 Å². The Morgan fingerprint density at radius 2 is 0.944 bits per heavy atom. The van der Waals surface area contributed by atoms with Crippen LogP contribution in [-0.2, 0) is 37.1 Å². The summed E-state index contributed by atoms with van der Waals surface area (Å²) in [6, 6.07) is -0.236. The predicted molar refractivity (Wildman–Crippen MR) is 272 cm³/mol. The number of amides is 5. The fraction of sp³-hybridized carbons (Fsp3) is 0.882. The van der Waals surface area contributed by atoms with Crippen molar-refractivity contribution in [3.05, 3.63) is 0 Å². The van der Waals surface area contributed by atoms with Crippen LogP contribution in [0, 0.1) is 37.9 Å². The van der Waals surface area contributed by atoms with Crippen LogP contribution >= 0.6 is 0 Å². The van der Waals surface area contributed by atoms with E-state index >= 15 is 0 Å². The maximum Gasteiger partial charge on any atom is 0.500 e. The summed E-state index contributed by atoms with van der Waals surface area (Å²) < 4.78 is 35.3. The van der Waals surface area contributed by atoms with Crippen molar-refractivity contribution < 1.29 is 56.3 Å². The zero-order chi connectivity index (χ0) is 53.2. The van der Waals surface area contributed by atoms with Gasteiger partial charge in [0.15, 0.2) is 0 Å². The van der Waals surface area contributed by atoms with E-state index in [1.54, 1.807) is 12.2 Å². The van der Waals surface area contributed by atoms with Crippen LogP contribution in [0.4, 0.5) is 19.2 Å². The first-order chi connectivity index (χ1) is 33.1. The number of ether oxygens (including phenoxy) is 3. The number of carbonyl (C=O) groups is 4. The molecule has 0 bridgehead atoms. The lowest BCUT2D eigenvalue weighted by Gasteiger charge is -2.46. The molecule has 5 N–H and O–H groups in total. The molecule has 3 rings (SSSR count). The van der Waals surface area contributed by atoms with Crippen molar-refractivity contribution in [2.75, 3.05) is 65.8 Å². The minimum absolute atomic E-state index is 0.110. The molecule has 0 aromatic carbocycles. The highest BCUT2D eigenvalue weighted by atomic mass is 28.4. The van der Waals surface area contributed by atoms with Crippen molar-refractivity contribution in [3.63, 3.8) is 0 Å². The number of rotatable bonds is 26. The van der Waals surface area contributed by atoms with Gasteiger partial charge in [-0.3, -0.25) is 0 Å². The third kappa shape index (κ3) is 21.1. The third-order valence-corrected chi connectivity index (χ3v) is 17.5. The molecule has 3 saturated carbocycles. The van der Waals surface area contributed by atoms with E-state index < -0.39 is 37.9 Å². The number of urea groups is 1. The van der Waals surface area contributed by atoms with Gasteiger partial charge >= 0.3 is 33.1 Å². The van der Waals surface area contributed by atoms with Crippen LogP contribution in [0.2, 0.25) is 6.04 Å². The summed E-state index contributed by atoms with van der Waals surface area (Å²) in [6.45, 7) is 28.6. The Balaban J connectivity index is 1.66. The Hall–Kier alpha value is -4.06. The molecule has 20 heteroatoms. The standard InChI is InChI=1S/C51H91N7O12Si/c1-14-51(33-65-42(62)53-30-48(11)24-38(56-36-59)21-45(5,6)27-48,34-66-43(63)54-31-49(12)25-39(57-37-60)22-46(7,8)28-49)35-67-44(64)55-32-50(13)26-40(23-47(9,10)29-50)58-41(61)52-19-18-20-71(68-15-2,69-16-3)70-17-4/h38-40H,14-35H2,1-13H3,(H,53,62)(H,54,63)(H,55,64)(H2,52,58,61). The van der Waals surface area contributed by atoms with Crippen LogP contribution in [0.15, 0.2) is 9.98 Å². The highest BCUT2D eigenvalue weighted by Crippen LogP contribution is 2.48. The molecule has 406 valence electrons. The van der Waals surface area contributed by atoms with Gasteiger partial charge in [0.25, 0.3) is 0 Å². The van der Waals surface area contributed by atoms with Crippen LogP contribution in [0.5, 0.6) is 0 Å². The average molecular weight is 1020 g/mol. The Morgan fingerprint density at radius 1 is 0.563 bits per heavy atom. The molecule has 0 saturated heterocycles. The first-order valence-electron chi connectivity index (χ1n) is 25.9. The number of nitrogens with zero attached hydrogens (tertiary/aromatic N) is 2. The summed E-state index contributed by atoms with van der Waals surface area (Å²) in [5, 5.41) is 14.9. The SMILES string of the molecule is CCO[Si](CCCNC(=O)NC1CC(C)(C)CC(C)(CNC(=O)OCC(CC)(COC(=O)NCC2(C)CC(N=C=O)CC(C)(C)C2)COC(=O)NCC2(C)CC(N=C=O)CC(C)(C)C2)C1)(OCC)OCC. The fourth-order valence-electron chi connectivity index (χ4n) is 12.5. The Labute approximate surface area is 425 Å². The Kier molecular flexibility index (Phi) is 23.1. The van der Waals surface area contributed by atoms with E-state index in [1.165, 1.54) is 0 Å². The van der Waals surface area contributed by atoms with Crippen molar-refractivity contribution in [1.29, 1.82) is 0 Å². The maximum absolute atomic E-state index is 13.6. The smallest absolute Gasteiger partial charge is 0.449 e. The van der Waals surface area contributed by atoms with Gasteiger partial charge in [-0.1, -0.05) is 69.2 Å². The minimum Gasteiger partial charge on any atom is -0.449 e. The van der Waals surface area contributed by atoms with Gasteiger partial charge in [0, 0.05) is 58.1 Å². The fourth-order valence-corrected chi connectivity index (χ4v) is 15.1. The second-order valence-electron chi connectivity index (χ2n) is 24.3. The maximum atomic E-state index is 13.6. The second-order valence-corrected chi connectivity index (χ2v) is 27.0. The first kappa shape index (κ1) is 61.2. The normalized spacial score (nSPS) is 27.5. The quantitative estimate of drug-likeness (QED) is 0.0180. The van der Waals surface area contributed by atoms with Crippen LogP contribution in [0.25, 0.3) is 0 Å². The van der Waals surface area contributed by atoms with Crippen molar-refractivity contribution in [1.82, 2.24) is 26.6 Å². The Morgan fingerprint density at radius 3 is 1.31 bits per heavy atom. The summed E-state index contributed by atoms with van der Waals surface area (Å²) in [5.41, 5.74) is -2.60. The van der Waals surface area contributed by atoms with E-state index in [1.807, 2.05) is 27.7 Å². The van der Waals surface area contributed by atoms with E-state index in [2.05, 4.69) is 98.9 Å². The lowest BCUT2D eigenvalue weighted by molar-refractivity contribution is -0.0204. The average Bonchev–Trinajstić information content (AvgIpc) is 3.24. The van der Waals surface area contributed by atoms with Crippen molar-refractivity contribution in [2.24, 2.45) is 47.9 Å². The van der Waals surface area contributed by atoms with Gasteiger partial charge in [0.2, 0.25) is 12.2 Å². The molecule has 6 unspecified atom stereocenters. The number of isocyanates is 2. The number of carbonyl (C=O) groups excluding carboxylic acids is 6. The highest BCUT2D eigenvalue weighted by molar-refractivity contribution is 6.60. The highest BCUT2D eigenvalue weighted by Gasteiger charge is 2.45. The van der Waals surface area contributed by atoms with E-state index in [4.69, 9.17) is 27.5 Å². The lowest BCUT2D eigenvalue weighted by atomic mass is 9.62. The van der Waals surface area contributed by atoms with Gasteiger partial charge < -0.3 is 54.1 Å². The van der Waals surface area contributed by atoms with E-state index in [0.717, 1.165) is 38.5 Å². The van der Waals surface area contributed by atoms with Crippen molar-refractivity contribution in [3.8, 4) is 0 Å². The molecule has 6 atom stereocenters. The van der Waals surface area contributed by atoms with Gasteiger partial charge in [-0.05, 0) is 124 Å². The molecule has 0 aromatic heterocycles. The van der Waals surface area contributed by atoms with Crippen LogP contribution in [-0.4, -0.2) is 129 Å². The molecule has 0 radical (unpaired) electrons. The molecule has 0 spiro atoms. The number of aliphatic imine (C=N–C) groups is 2. The second kappa shape index (κ2) is 26.8. The third-order valence-electron chi connectivity index (χ3n) is 14.4. The summed E-state index contributed by atoms with van der Waals surface area (Å²) in [5.74, 6) is 0. The predicted octanol–water partition coefficient (Wildman–Crippen LogP) is 8.73. The summed E-state index contributed by atoms with van der Waals surface area (Å²) in [6.07, 6.45) is 8.72. The number of nitrogens with one attached hydrogen (secondary N) is 5. The van der Waals surface area contributed by atoms with Crippen molar-refractivity contribution >= 4 is 45.3 Å². The van der Waals surface area contributed by atoms with E-state index in [-0.39, 0.29) is 90.7 Å². The molecular weight excluding hydrogens is 931 g/mol. The molecule has 3 fully saturated rings. The molecule has 71 heavy (non-hydrogen) atoms. The number of hydrogen-bond acceptors (Lipinski definition) is 14. The summed E-state index contributed by atoms with van der Waals surface area (Å²) in [7, 11) is -2.82. The van der Waals surface area contributed by atoms with Gasteiger partial charge in [-0.2, -0.15) is 0 Å². The van der Waals surface area contributed by atoms with E-state index in [9.17, 15) is 28.8 Å². The molecule has 0 aliphatic heterocycles. The van der Waals surface area contributed by atoms with Crippen LogP contribution in [0.1, 0.15) is 161 Å². The minimum atomic E-state index is -2.82. The molecule has 5 amide bonds. The van der Waals surface area contributed by atoms with Gasteiger partial charge in [-0.15, -0.1) is 0 Å².